The van der Waals surface area contributed by atoms with Gasteiger partial charge in [0.1, 0.15) is 0 Å². The average molecular weight is 272 g/mol. The highest BCUT2D eigenvalue weighted by Crippen LogP contribution is 2.19. The third kappa shape index (κ3) is 4.33. The standard InChI is InChI=1S/C12H18BrNO/c1-15-9-11-8-12(13)6-5-10(11)4-2-3-7-14/h5-6,8H,2-4,7,9,14H2,1H3. The van der Waals surface area contributed by atoms with E-state index in [1.807, 2.05) is 0 Å². The second-order valence-electron chi connectivity index (χ2n) is 3.59. The van der Waals surface area contributed by atoms with Crippen molar-refractivity contribution in [3.63, 3.8) is 0 Å². The van der Waals surface area contributed by atoms with Gasteiger partial charge in [0.05, 0.1) is 6.61 Å². The summed E-state index contributed by atoms with van der Waals surface area (Å²) in [5.74, 6) is 0. The van der Waals surface area contributed by atoms with Crippen molar-refractivity contribution in [3.05, 3.63) is 33.8 Å². The van der Waals surface area contributed by atoms with Crippen molar-refractivity contribution in [3.8, 4) is 0 Å². The van der Waals surface area contributed by atoms with Crippen LogP contribution >= 0.6 is 15.9 Å². The molecule has 0 radical (unpaired) electrons. The van der Waals surface area contributed by atoms with Crippen LogP contribution in [-0.2, 0) is 17.8 Å². The SMILES string of the molecule is COCc1cc(Br)ccc1CCCCN. The van der Waals surface area contributed by atoms with Gasteiger partial charge in [0, 0.05) is 11.6 Å². The van der Waals surface area contributed by atoms with Crippen molar-refractivity contribution in [2.45, 2.75) is 25.9 Å². The van der Waals surface area contributed by atoms with Gasteiger partial charge in [-0.05, 0) is 49.1 Å². The molecular weight excluding hydrogens is 254 g/mol. The Morgan fingerprint density at radius 2 is 2.07 bits per heavy atom. The summed E-state index contributed by atoms with van der Waals surface area (Å²) in [5, 5.41) is 0. The number of nitrogens with two attached hydrogens (primary N) is 1. The molecule has 2 nitrogen and oxygen atoms in total. The van der Waals surface area contributed by atoms with Gasteiger partial charge in [-0.25, -0.2) is 0 Å². The van der Waals surface area contributed by atoms with E-state index < -0.39 is 0 Å². The van der Waals surface area contributed by atoms with Crippen molar-refractivity contribution in [2.75, 3.05) is 13.7 Å². The first-order valence-electron chi connectivity index (χ1n) is 5.24. The molecule has 0 aliphatic heterocycles. The predicted molar refractivity (Wildman–Crippen MR) is 66.8 cm³/mol. The van der Waals surface area contributed by atoms with Crippen LogP contribution in [-0.4, -0.2) is 13.7 Å². The highest BCUT2D eigenvalue weighted by molar-refractivity contribution is 9.10. The second-order valence-corrected chi connectivity index (χ2v) is 4.51. The Hall–Kier alpha value is -0.380. The fraction of sp³-hybridized carbons (Fsp3) is 0.500. The molecule has 0 amide bonds. The normalized spacial score (nSPS) is 10.6. The monoisotopic (exact) mass is 271 g/mol. The van der Waals surface area contributed by atoms with E-state index in [-0.39, 0.29) is 0 Å². The highest BCUT2D eigenvalue weighted by Gasteiger charge is 2.02. The maximum Gasteiger partial charge on any atom is 0.0716 e. The first-order chi connectivity index (χ1) is 7.27. The van der Waals surface area contributed by atoms with Gasteiger partial charge in [-0.3, -0.25) is 0 Å². The van der Waals surface area contributed by atoms with E-state index in [1.54, 1.807) is 7.11 Å². The van der Waals surface area contributed by atoms with Crippen molar-refractivity contribution in [2.24, 2.45) is 5.73 Å². The fourth-order valence-electron chi connectivity index (χ4n) is 1.59. The van der Waals surface area contributed by atoms with Gasteiger partial charge in [-0.15, -0.1) is 0 Å². The lowest BCUT2D eigenvalue weighted by molar-refractivity contribution is 0.184. The number of halogens is 1. The fourth-order valence-corrected chi connectivity index (χ4v) is 2.00. The highest BCUT2D eigenvalue weighted by atomic mass is 79.9. The zero-order valence-electron chi connectivity index (χ0n) is 9.13. The molecule has 84 valence electrons. The summed E-state index contributed by atoms with van der Waals surface area (Å²) < 4.78 is 6.29. The quantitative estimate of drug-likeness (QED) is 0.808. The van der Waals surface area contributed by atoms with E-state index in [9.17, 15) is 0 Å². The van der Waals surface area contributed by atoms with E-state index >= 15 is 0 Å². The molecule has 2 N–H and O–H groups in total. The zero-order chi connectivity index (χ0) is 11.1. The summed E-state index contributed by atoms with van der Waals surface area (Å²) in [6.07, 6.45) is 3.32. The minimum absolute atomic E-state index is 0.678. The molecule has 0 unspecified atom stereocenters. The van der Waals surface area contributed by atoms with E-state index in [0.29, 0.717) is 6.61 Å². The van der Waals surface area contributed by atoms with Gasteiger partial charge in [0.2, 0.25) is 0 Å². The Kier molecular flexibility index (Phi) is 5.91. The van der Waals surface area contributed by atoms with Gasteiger partial charge in [0.15, 0.2) is 0 Å². The number of unbranched alkanes of at least 4 members (excludes halogenated alkanes) is 1. The van der Waals surface area contributed by atoms with Gasteiger partial charge >= 0.3 is 0 Å². The molecule has 0 aromatic heterocycles. The molecule has 1 aromatic rings. The summed E-state index contributed by atoms with van der Waals surface area (Å²) in [5.41, 5.74) is 8.12. The van der Waals surface area contributed by atoms with Gasteiger partial charge in [-0.2, -0.15) is 0 Å². The number of hydrogen-bond acceptors (Lipinski definition) is 2. The lowest BCUT2D eigenvalue weighted by atomic mass is 10.0. The molecule has 0 saturated heterocycles. The van der Waals surface area contributed by atoms with Crippen LogP contribution in [0.3, 0.4) is 0 Å². The summed E-state index contributed by atoms with van der Waals surface area (Å²) in [4.78, 5) is 0. The Bertz CT molecular complexity index is 302. The molecule has 0 aliphatic carbocycles. The van der Waals surface area contributed by atoms with Gasteiger partial charge in [-0.1, -0.05) is 22.0 Å². The summed E-state index contributed by atoms with van der Waals surface area (Å²) >= 11 is 3.47. The molecule has 0 heterocycles. The smallest absolute Gasteiger partial charge is 0.0716 e. The molecule has 1 aromatic carbocycles. The lowest BCUT2D eigenvalue weighted by Crippen LogP contribution is -2.01. The largest absolute Gasteiger partial charge is 0.380 e. The van der Waals surface area contributed by atoms with Crippen LogP contribution in [0.4, 0.5) is 0 Å². The first-order valence-corrected chi connectivity index (χ1v) is 6.03. The van der Waals surface area contributed by atoms with Crippen molar-refractivity contribution < 1.29 is 4.74 Å². The van der Waals surface area contributed by atoms with E-state index in [2.05, 4.69) is 34.1 Å². The van der Waals surface area contributed by atoms with Gasteiger partial charge < -0.3 is 10.5 Å². The second kappa shape index (κ2) is 6.99. The van der Waals surface area contributed by atoms with Crippen LogP contribution in [0.5, 0.6) is 0 Å². The molecule has 3 heteroatoms. The van der Waals surface area contributed by atoms with Crippen molar-refractivity contribution in [1.29, 1.82) is 0 Å². The summed E-state index contributed by atoms with van der Waals surface area (Å²) in [6, 6.07) is 6.37. The molecule has 0 aliphatic rings. The van der Waals surface area contributed by atoms with Crippen LogP contribution in [0.15, 0.2) is 22.7 Å². The molecule has 0 bridgehead atoms. The molecule has 0 saturated carbocycles. The average Bonchev–Trinajstić information content (AvgIpc) is 2.22. The maximum absolute atomic E-state index is 5.48. The maximum atomic E-state index is 5.48. The van der Waals surface area contributed by atoms with Crippen molar-refractivity contribution in [1.82, 2.24) is 0 Å². The minimum Gasteiger partial charge on any atom is -0.380 e. The number of rotatable bonds is 6. The predicted octanol–water partition coefficient (Wildman–Crippen LogP) is 2.88. The molecule has 1 rings (SSSR count). The van der Waals surface area contributed by atoms with E-state index in [0.717, 1.165) is 30.3 Å². The number of methoxy groups -OCH3 is 1. The number of hydrogen-bond donors (Lipinski definition) is 1. The van der Waals surface area contributed by atoms with Crippen LogP contribution in [0.2, 0.25) is 0 Å². The Labute approximate surface area is 99.9 Å². The summed E-state index contributed by atoms with van der Waals surface area (Å²) in [6.45, 7) is 1.45. The Morgan fingerprint density at radius 3 is 2.73 bits per heavy atom. The summed E-state index contributed by atoms with van der Waals surface area (Å²) in [7, 11) is 1.73. The van der Waals surface area contributed by atoms with E-state index in [1.165, 1.54) is 11.1 Å². The Morgan fingerprint density at radius 1 is 1.27 bits per heavy atom. The van der Waals surface area contributed by atoms with E-state index in [4.69, 9.17) is 10.5 Å². The third-order valence-corrected chi connectivity index (χ3v) is 2.86. The Balaban J connectivity index is 2.67. The van der Waals surface area contributed by atoms with Crippen LogP contribution in [0.25, 0.3) is 0 Å². The first kappa shape index (κ1) is 12.7. The van der Waals surface area contributed by atoms with Crippen LogP contribution in [0.1, 0.15) is 24.0 Å². The zero-order valence-corrected chi connectivity index (χ0v) is 10.7. The number of aryl methyl sites for hydroxylation is 1. The number of benzene rings is 1. The van der Waals surface area contributed by atoms with Crippen LogP contribution in [0, 0.1) is 0 Å². The van der Waals surface area contributed by atoms with Gasteiger partial charge in [0.25, 0.3) is 0 Å². The number of ether oxygens (including phenoxy) is 1. The molecule has 0 atom stereocenters. The lowest BCUT2D eigenvalue weighted by Gasteiger charge is -2.09. The molecule has 0 spiro atoms. The molecule has 0 fully saturated rings. The minimum atomic E-state index is 0.678. The van der Waals surface area contributed by atoms with Crippen molar-refractivity contribution >= 4 is 15.9 Å². The van der Waals surface area contributed by atoms with Crippen LogP contribution < -0.4 is 5.73 Å². The topological polar surface area (TPSA) is 35.2 Å². The third-order valence-electron chi connectivity index (χ3n) is 2.37. The molecule has 15 heavy (non-hydrogen) atoms. The molecular formula is C12H18BrNO.